The second-order valence-electron chi connectivity index (χ2n) is 7.73. The number of carbonyl (C=O) groups excluding carboxylic acids is 2. The van der Waals surface area contributed by atoms with Gasteiger partial charge in [-0.05, 0) is 50.5 Å². The van der Waals surface area contributed by atoms with E-state index in [-0.39, 0.29) is 30.2 Å². The fraction of sp³-hybridized carbons (Fsp3) is 0.417. The molecule has 0 bridgehead atoms. The van der Waals surface area contributed by atoms with Crippen LogP contribution in [0.3, 0.4) is 0 Å². The summed E-state index contributed by atoms with van der Waals surface area (Å²) in [5.41, 5.74) is 3.12. The molecule has 0 radical (unpaired) electrons. The van der Waals surface area contributed by atoms with E-state index < -0.39 is 6.04 Å². The van der Waals surface area contributed by atoms with Gasteiger partial charge in [-0.3, -0.25) is 9.59 Å². The summed E-state index contributed by atoms with van der Waals surface area (Å²) in [6.07, 6.45) is 0.821. The van der Waals surface area contributed by atoms with Crippen molar-refractivity contribution in [3.05, 3.63) is 69.2 Å². The summed E-state index contributed by atoms with van der Waals surface area (Å²) < 4.78 is 0. The minimum atomic E-state index is -0.618. The molecule has 2 rings (SSSR count). The van der Waals surface area contributed by atoms with Crippen LogP contribution >= 0.6 is 35.0 Å². The van der Waals surface area contributed by atoms with Crippen LogP contribution in [0.2, 0.25) is 10.0 Å². The molecular weight excluding hydrogens is 451 g/mol. The van der Waals surface area contributed by atoms with Crippen molar-refractivity contribution >= 4 is 46.8 Å². The lowest BCUT2D eigenvalue weighted by Gasteiger charge is -2.30. The molecule has 0 spiro atoms. The quantitative estimate of drug-likeness (QED) is 0.462. The number of hydrogen-bond acceptors (Lipinski definition) is 3. The van der Waals surface area contributed by atoms with Crippen molar-refractivity contribution < 1.29 is 9.59 Å². The molecule has 168 valence electrons. The summed E-state index contributed by atoms with van der Waals surface area (Å²) in [6.45, 7) is 8.01. The van der Waals surface area contributed by atoms with Gasteiger partial charge >= 0.3 is 0 Å². The van der Waals surface area contributed by atoms with E-state index in [1.807, 2.05) is 19.9 Å². The first-order valence-electron chi connectivity index (χ1n) is 10.4. The Bertz CT molecular complexity index is 907. The third kappa shape index (κ3) is 8.06. The van der Waals surface area contributed by atoms with E-state index in [4.69, 9.17) is 23.2 Å². The van der Waals surface area contributed by atoms with E-state index in [1.165, 1.54) is 22.9 Å². The van der Waals surface area contributed by atoms with Crippen LogP contribution in [0.1, 0.15) is 43.9 Å². The van der Waals surface area contributed by atoms with Gasteiger partial charge in [0.2, 0.25) is 11.8 Å². The van der Waals surface area contributed by atoms with Gasteiger partial charge in [-0.15, -0.1) is 11.8 Å². The maximum atomic E-state index is 13.1. The van der Waals surface area contributed by atoms with Crippen molar-refractivity contribution in [3.63, 3.8) is 0 Å². The summed E-state index contributed by atoms with van der Waals surface area (Å²) >= 11 is 13.9. The van der Waals surface area contributed by atoms with E-state index in [0.717, 1.165) is 17.7 Å². The van der Waals surface area contributed by atoms with Crippen molar-refractivity contribution in [2.45, 2.75) is 58.5 Å². The summed E-state index contributed by atoms with van der Waals surface area (Å²) in [5, 5.41) is 3.98. The molecule has 0 unspecified atom stereocenters. The van der Waals surface area contributed by atoms with Crippen molar-refractivity contribution in [3.8, 4) is 0 Å². The zero-order chi connectivity index (χ0) is 23.0. The summed E-state index contributed by atoms with van der Waals surface area (Å²) in [5.74, 6) is 0.739. The average molecular weight is 481 g/mol. The number of benzene rings is 2. The van der Waals surface area contributed by atoms with E-state index >= 15 is 0 Å². The topological polar surface area (TPSA) is 49.4 Å². The maximum absolute atomic E-state index is 13.1. The van der Waals surface area contributed by atoms with E-state index in [2.05, 4.69) is 30.4 Å². The van der Waals surface area contributed by atoms with Crippen LogP contribution in [-0.4, -0.2) is 34.6 Å². The van der Waals surface area contributed by atoms with Gasteiger partial charge in [-0.25, -0.2) is 0 Å². The highest BCUT2D eigenvalue weighted by molar-refractivity contribution is 7.99. The van der Waals surface area contributed by atoms with Crippen molar-refractivity contribution in [2.24, 2.45) is 0 Å². The highest BCUT2D eigenvalue weighted by Gasteiger charge is 2.27. The minimum absolute atomic E-state index is 0.0433. The first kappa shape index (κ1) is 25.6. The number of amides is 2. The Balaban J connectivity index is 2.12. The third-order valence-electron chi connectivity index (χ3n) is 5.10. The SMILES string of the molecule is CC[C@@H](C)NC(=O)[C@H](C)N(Cc1ccc(Cl)cc1Cl)C(=O)CSCc1cccc(C)c1. The van der Waals surface area contributed by atoms with Gasteiger partial charge < -0.3 is 10.2 Å². The van der Waals surface area contributed by atoms with Crippen molar-refractivity contribution in [1.82, 2.24) is 10.2 Å². The number of carbonyl (C=O) groups is 2. The predicted molar refractivity (Wildman–Crippen MR) is 132 cm³/mol. The van der Waals surface area contributed by atoms with E-state index in [1.54, 1.807) is 30.0 Å². The van der Waals surface area contributed by atoms with Crippen LogP contribution in [0.15, 0.2) is 42.5 Å². The molecule has 0 heterocycles. The lowest BCUT2D eigenvalue weighted by molar-refractivity contribution is -0.138. The largest absolute Gasteiger partial charge is 0.352 e. The van der Waals surface area contributed by atoms with Gasteiger partial charge in [0.1, 0.15) is 6.04 Å². The lowest BCUT2D eigenvalue weighted by atomic mass is 10.1. The number of halogens is 2. The van der Waals surface area contributed by atoms with Crippen molar-refractivity contribution in [1.29, 1.82) is 0 Å². The van der Waals surface area contributed by atoms with Gasteiger partial charge in [-0.1, -0.05) is 66.0 Å². The number of hydrogen-bond donors (Lipinski definition) is 1. The average Bonchev–Trinajstić information content (AvgIpc) is 2.72. The molecule has 0 aliphatic rings. The molecule has 2 atom stereocenters. The number of aryl methyl sites for hydroxylation is 1. The lowest BCUT2D eigenvalue weighted by Crippen LogP contribution is -2.50. The molecule has 31 heavy (non-hydrogen) atoms. The highest BCUT2D eigenvalue weighted by atomic mass is 35.5. The second-order valence-corrected chi connectivity index (χ2v) is 9.56. The van der Waals surface area contributed by atoms with Gasteiger partial charge in [0.05, 0.1) is 5.75 Å². The highest BCUT2D eigenvalue weighted by Crippen LogP contribution is 2.24. The predicted octanol–water partition coefficient (Wildman–Crippen LogP) is 5.87. The van der Waals surface area contributed by atoms with E-state index in [9.17, 15) is 9.59 Å². The van der Waals surface area contributed by atoms with Crippen LogP contribution in [0.25, 0.3) is 0 Å². The zero-order valence-electron chi connectivity index (χ0n) is 18.5. The van der Waals surface area contributed by atoms with Gasteiger partial charge in [0.15, 0.2) is 0 Å². The molecule has 7 heteroatoms. The Morgan fingerprint density at radius 3 is 2.52 bits per heavy atom. The number of nitrogens with one attached hydrogen (secondary N) is 1. The van der Waals surface area contributed by atoms with Crippen LogP contribution in [-0.2, 0) is 21.9 Å². The summed E-state index contributed by atoms with van der Waals surface area (Å²) in [4.78, 5) is 27.5. The molecular formula is C24H30Cl2N2O2S. The Labute approximate surface area is 199 Å². The third-order valence-corrected chi connectivity index (χ3v) is 6.68. The molecule has 0 aliphatic heterocycles. The molecule has 2 aromatic carbocycles. The first-order chi connectivity index (χ1) is 14.7. The first-order valence-corrected chi connectivity index (χ1v) is 12.3. The van der Waals surface area contributed by atoms with Gasteiger partial charge in [-0.2, -0.15) is 0 Å². The van der Waals surface area contributed by atoms with Crippen LogP contribution in [0.4, 0.5) is 0 Å². The fourth-order valence-electron chi connectivity index (χ4n) is 3.02. The molecule has 0 aliphatic carbocycles. The number of rotatable bonds is 10. The van der Waals surface area contributed by atoms with Crippen LogP contribution in [0, 0.1) is 6.92 Å². The smallest absolute Gasteiger partial charge is 0.242 e. The van der Waals surface area contributed by atoms with Gasteiger partial charge in [0, 0.05) is 28.4 Å². The normalized spacial score (nSPS) is 12.8. The fourth-order valence-corrected chi connectivity index (χ4v) is 4.35. The molecule has 0 aromatic heterocycles. The molecule has 0 saturated carbocycles. The van der Waals surface area contributed by atoms with Crippen molar-refractivity contribution in [2.75, 3.05) is 5.75 Å². The monoisotopic (exact) mass is 480 g/mol. The maximum Gasteiger partial charge on any atom is 0.242 e. The molecule has 4 nitrogen and oxygen atoms in total. The minimum Gasteiger partial charge on any atom is -0.352 e. The Morgan fingerprint density at radius 1 is 1.13 bits per heavy atom. The van der Waals surface area contributed by atoms with Crippen LogP contribution in [0.5, 0.6) is 0 Å². The second kappa shape index (κ2) is 12.4. The van der Waals surface area contributed by atoms with Gasteiger partial charge in [0.25, 0.3) is 0 Å². The number of thioether (sulfide) groups is 1. The zero-order valence-corrected chi connectivity index (χ0v) is 20.8. The Morgan fingerprint density at radius 2 is 1.87 bits per heavy atom. The summed E-state index contributed by atoms with van der Waals surface area (Å²) in [7, 11) is 0. The molecule has 0 saturated heterocycles. The van der Waals surface area contributed by atoms with E-state index in [0.29, 0.717) is 10.0 Å². The standard InChI is InChI=1S/C24H30Cl2N2O2S/c1-5-17(3)27-24(30)18(4)28(13-20-9-10-21(25)12-22(20)26)23(29)15-31-14-19-8-6-7-16(2)11-19/h6-12,17-18H,5,13-15H2,1-4H3,(H,27,30)/t17-,18+/m1/s1. The molecule has 0 fully saturated rings. The number of nitrogens with zero attached hydrogens (tertiary/aromatic N) is 1. The molecule has 2 aromatic rings. The molecule has 2 amide bonds. The Kier molecular flexibility index (Phi) is 10.2. The Hall–Kier alpha value is -1.69. The summed E-state index contributed by atoms with van der Waals surface area (Å²) in [6, 6.07) is 12.8. The van der Waals surface area contributed by atoms with Crippen LogP contribution < -0.4 is 5.32 Å². The molecule has 1 N–H and O–H groups in total.